The van der Waals surface area contributed by atoms with Crippen LogP contribution < -0.4 is 5.73 Å². The van der Waals surface area contributed by atoms with Crippen molar-refractivity contribution in [3.8, 4) is 0 Å². The van der Waals surface area contributed by atoms with Crippen molar-refractivity contribution >= 4 is 0 Å². The van der Waals surface area contributed by atoms with E-state index in [1.807, 2.05) is 0 Å². The van der Waals surface area contributed by atoms with Crippen molar-refractivity contribution in [1.29, 1.82) is 0 Å². The fraction of sp³-hybridized carbons (Fsp3) is 1.00. The first-order valence-corrected chi connectivity index (χ1v) is 8.10. The van der Waals surface area contributed by atoms with E-state index in [2.05, 4.69) is 44.7 Å². The van der Waals surface area contributed by atoms with E-state index in [4.69, 9.17) is 5.73 Å². The first-order chi connectivity index (χ1) is 8.99. The Kier molecular flexibility index (Phi) is 6.78. The molecule has 1 aliphatic heterocycles. The summed E-state index contributed by atoms with van der Waals surface area (Å²) in [5.41, 5.74) is 6.41. The summed E-state index contributed by atoms with van der Waals surface area (Å²) in [5.74, 6) is 0.761. The molecule has 0 aromatic rings. The molecule has 0 saturated carbocycles. The summed E-state index contributed by atoms with van der Waals surface area (Å²) in [4.78, 5) is 5.07. The number of rotatable bonds is 7. The Hall–Kier alpha value is -0.120. The van der Waals surface area contributed by atoms with E-state index in [9.17, 15) is 0 Å². The first-order valence-electron chi connectivity index (χ1n) is 8.10. The van der Waals surface area contributed by atoms with Crippen LogP contribution in [-0.2, 0) is 0 Å². The summed E-state index contributed by atoms with van der Waals surface area (Å²) in [6.07, 6.45) is 6.23. The van der Waals surface area contributed by atoms with Crippen molar-refractivity contribution in [2.24, 2.45) is 11.7 Å². The molecule has 0 radical (unpaired) electrons. The Labute approximate surface area is 120 Å². The highest BCUT2D eigenvalue weighted by Gasteiger charge is 2.37. The third-order valence-electron chi connectivity index (χ3n) is 5.45. The van der Waals surface area contributed by atoms with Crippen LogP contribution in [0.5, 0.6) is 0 Å². The van der Waals surface area contributed by atoms with Crippen LogP contribution in [-0.4, -0.2) is 55.1 Å². The predicted molar refractivity (Wildman–Crippen MR) is 84.4 cm³/mol. The smallest absolute Gasteiger partial charge is 0.0331 e. The SMILES string of the molecule is CCC(C)CC(CC)(CN)N(C)C1CCN(C)CC1. The van der Waals surface area contributed by atoms with Gasteiger partial charge in [-0.15, -0.1) is 0 Å². The number of nitrogens with two attached hydrogens (primary N) is 1. The molecule has 2 N–H and O–H groups in total. The Morgan fingerprint density at radius 1 is 1.32 bits per heavy atom. The van der Waals surface area contributed by atoms with Crippen LogP contribution in [0.25, 0.3) is 0 Å². The molecule has 2 unspecified atom stereocenters. The zero-order chi connectivity index (χ0) is 14.5. The van der Waals surface area contributed by atoms with E-state index >= 15 is 0 Å². The average Bonchev–Trinajstić information content (AvgIpc) is 2.44. The van der Waals surface area contributed by atoms with Gasteiger partial charge in [0.2, 0.25) is 0 Å². The number of likely N-dealkylation sites (N-methyl/N-ethyl adjacent to an activating group) is 1. The van der Waals surface area contributed by atoms with Crippen molar-refractivity contribution in [3.05, 3.63) is 0 Å². The maximum Gasteiger partial charge on any atom is 0.0331 e. The quantitative estimate of drug-likeness (QED) is 0.771. The standard InChI is InChI=1S/C16H35N3/c1-6-14(3)12-16(7-2,13-17)19(5)15-8-10-18(4)11-9-15/h14-15H,6-13,17H2,1-5H3. The highest BCUT2D eigenvalue weighted by atomic mass is 15.2. The lowest BCUT2D eigenvalue weighted by molar-refractivity contribution is 0.0249. The van der Waals surface area contributed by atoms with E-state index in [0.29, 0.717) is 6.04 Å². The second-order valence-corrected chi connectivity index (χ2v) is 6.64. The second kappa shape index (κ2) is 7.61. The molecule has 1 aliphatic rings. The van der Waals surface area contributed by atoms with Gasteiger partial charge in [0, 0.05) is 18.1 Å². The van der Waals surface area contributed by atoms with Gasteiger partial charge in [-0.1, -0.05) is 27.2 Å². The van der Waals surface area contributed by atoms with Gasteiger partial charge in [0.1, 0.15) is 0 Å². The summed E-state index contributed by atoms with van der Waals surface area (Å²) in [6.45, 7) is 10.2. The van der Waals surface area contributed by atoms with Gasteiger partial charge < -0.3 is 10.6 Å². The van der Waals surface area contributed by atoms with E-state index in [-0.39, 0.29) is 5.54 Å². The molecule has 0 bridgehead atoms. The first kappa shape index (κ1) is 16.9. The molecule has 114 valence electrons. The lowest BCUT2D eigenvalue weighted by Gasteiger charge is -2.48. The number of hydrogen-bond acceptors (Lipinski definition) is 3. The largest absolute Gasteiger partial charge is 0.329 e. The monoisotopic (exact) mass is 269 g/mol. The van der Waals surface area contributed by atoms with Crippen LogP contribution in [0.2, 0.25) is 0 Å². The molecular weight excluding hydrogens is 234 g/mol. The number of piperidine rings is 1. The molecule has 1 heterocycles. The molecule has 1 fully saturated rings. The van der Waals surface area contributed by atoms with Gasteiger partial charge in [-0.3, -0.25) is 4.90 Å². The van der Waals surface area contributed by atoms with Gasteiger partial charge in [0.25, 0.3) is 0 Å². The lowest BCUT2D eigenvalue weighted by Crippen LogP contribution is -2.58. The molecular formula is C16H35N3. The van der Waals surface area contributed by atoms with Gasteiger partial charge in [-0.2, -0.15) is 0 Å². The van der Waals surface area contributed by atoms with Crippen molar-refractivity contribution in [2.45, 2.75) is 64.5 Å². The molecule has 2 atom stereocenters. The van der Waals surface area contributed by atoms with Gasteiger partial charge in [-0.25, -0.2) is 0 Å². The molecule has 19 heavy (non-hydrogen) atoms. The van der Waals surface area contributed by atoms with Crippen molar-refractivity contribution in [1.82, 2.24) is 9.80 Å². The van der Waals surface area contributed by atoms with Crippen LogP contribution in [0.3, 0.4) is 0 Å². The van der Waals surface area contributed by atoms with Crippen LogP contribution >= 0.6 is 0 Å². The average molecular weight is 269 g/mol. The summed E-state index contributed by atoms with van der Waals surface area (Å²) in [5, 5.41) is 0. The maximum absolute atomic E-state index is 6.20. The topological polar surface area (TPSA) is 32.5 Å². The fourth-order valence-corrected chi connectivity index (χ4v) is 3.47. The Bertz CT molecular complexity index is 242. The zero-order valence-corrected chi connectivity index (χ0v) is 13.8. The lowest BCUT2D eigenvalue weighted by atomic mass is 9.81. The van der Waals surface area contributed by atoms with Crippen molar-refractivity contribution in [2.75, 3.05) is 33.7 Å². The molecule has 0 aromatic heterocycles. The van der Waals surface area contributed by atoms with Crippen LogP contribution in [0, 0.1) is 5.92 Å². The summed E-state index contributed by atoms with van der Waals surface area (Å²) in [7, 11) is 4.54. The van der Waals surface area contributed by atoms with Gasteiger partial charge in [0.15, 0.2) is 0 Å². The van der Waals surface area contributed by atoms with E-state index in [0.717, 1.165) is 18.9 Å². The third kappa shape index (κ3) is 4.17. The minimum absolute atomic E-state index is 0.204. The van der Waals surface area contributed by atoms with Gasteiger partial charge in [0.05, 0.1) is 0 Å². The van der Waals surface area contributed by atoms with Crippen molar-refractivity contribution in [3.63, 3.8) is 0 Å². The molecule has 0 aliphatic carbocycles. The Morgan fingerprint density at radius 2 is 1.89 bits per heavy atom. The minimum Gasteiger partial charge on any atom is -0.329 e. The van der Waals surface area contributed by atoms with E-state index in [1.54, 1.807) is 0 Å². The van der Waals surface area contributed by atoms with Gasteiger partial charge >= 0.3 is 0 Å². The summed E-state index contributed by atoms with van der Waals surface area (Å²) >= 11 is 0. The molecule has 1 rings (SSSR count). The Morgan fingerprint density at radius 3 is 2.32 bits per heavy atom. The molecule has 0 aromatic carbocycles. The van der Waals surface area contributed by atoms with Gasteiger partial charge in [-0.05, 0) is 58.8 Å². The molecule has 3 nitrogen and oxygen atoms in total. The predicted octanol–water partition coefficient (Wildman–Crippen LogP) is 2.56. The van der Waals surface area contributed by atoms with Crippen molar-refractivity contribution < 1.29 is 0 Å². The number of likely N-dealkylation sites (tertiary alicyclic amines) is 1. The number of nitrogens with zero attached hydrogens (tertiary/aromatic N) is 2. The molecule has 0 spiro atoms. The highest BCUT2D eigenvalue weighted by Crippen LogP contribution is 2.31. The third-order valence-corrected chi connectivity index (χ3v) is 5.45. The van der Waals surface area contributed by atoms with Crippen LogP contribution in [0.4, 0.5) is 0 Å². The fourth-order valence-electron chi connectivity index (χ4n) is 3.47. The molecule has 1 saturated heterocycles. The summed E-state index contributed by atoms with van der Waals surface area (Å²) < 4.78 is 0. The van der Waals surface area contributed by atoms with Crippen LogP contribution in [0.1, 0.15) is 52.9 Å². The van der Waals surface area contributed by atoms with E-state index < -0.39 is 0 Å². The van der Waals surface area contributed by atoms with E-state index in [1.165, 1.54) is 38.8 Å². The normalized spacial score (nSPS) is 23.5. The summed E-state index contributed by atoms with van der Waals surface area (Å²) in [6, 6.07) is 0.712. The van der Waals surface area contributed by atoms with Crippen LogP contribution in [0.15, 0.2) is 0 Å². The zero-order valence-electron chi connectivity index (χ0n) is 13.8. The Balaban J connectivity index is 2.73. The number of hydrogen-bond donors (Lipinski definition) is 1. The highest BCUT2D eigenvalue weighted by molar-refractivity contribution is 4.94. The second-order valence-electron chi connectivity index (χ2n) is 6.64. The molecule has 3 heteroatoms. The minimum atomic E-state index is 0.204. The molecule has 0 amide bonds. The maximum atomic E-state index is 6.20.